The molecule has 2 bridgehead atoms. The molecule has 0 spiro atoms. The Balaban J connectivity index is 1.18. The van der Waals surface area contributed by atoms with Crippen LogP contribution in [0.1, 0.15) is 88.4 Å². The van der Waals surface area contributed by atoms with Crippen molar-refractivity contribution < 1.29 is 23.9 Å². The van der Waals surface area contributed by atoms with E-state index in [9.17, 15) is 14.4 Å². The molecule has 9 nitrogen and oxygen atoms in total. The van der Waals surface area contributed by atoms with Crippen molar-refractivity contribution in [3.8, 4) is 5.75 Å². The molecule has 4 aliphatic carbocycles. The van der Waals surface area contributed by atoms with Gasteiger partial charge in [0.1, 0.15) is 5.75 Å². The predicted octanol–water partition coefficient (Wildman–Crippen LogP) is 4.52. The second kappa shape index (κ2) is 10.6. The van der Waals surface area contributed by atoms with E-state index in [1.54, 1.807) is 10.9 Å². The van der Waals surface area contributed by atoms with Crippen LogP contribution in [0.25, 0.3) is 10.9 Å². The highest BCUT2D eigenvalue weighted by molar-refractivity contribution is 6.00. The van der Waals surface area contributed by atoms with Gasteiger partial charge >= 0.3 is 5.97 Å². The van der Waals surface area contributed by atoms with Crippen molar-refractivity contribution in [2.45, 2.75) is 90.2 Å². The quantitative estimate of drug-likeness (QED) is 0.456. The Kier molecular flexibility index (Phi) is 7.27. The molecule has 0 radical (unpaired) electrons. The standard InChI is InChI=1S/C32H44N4O5/c1-31(10-5-11-31)18-33-29(38)26-19-6-7-20(14-19)27(26)35-28(37)21-15-24-23(17-34-36(24)3)25(16-21)41-22-8-12-32(2,13-9-22)30(39)40-4/h15-17,19-20,22,26-27H,5-14,18H2,1-4H3,(H,33,38)(H,35,37)/t19-,20+,22?,26+,27-,32?/m1/s1. The summed E-state index contributed by atoms with van der Waals surface area (Å²) in [5, 5.41) is 11.8. The van der Waals surface area contributed by atoms with Gasteiger partial charge in [0.25, 0.3) is 5.91 Å². The molecule has 41 heavy (non-hydrogen) atoms. The summed E-state index contributed by atoms with van der Waals surface area (Å²) < 4.78 is 13.3. The summed E-state index contributed by atoms with van der Waals surface area (Å²) in [6.07, 6.45) is 11.2. The number of methoxy groups -OCH3 is 1. The normalized spacial score (nSPS) is 31.9. The van der Waals surface area contributed by atoms with Crippen molar-refractivity contribution in [2.24, 2.45) is 35.6 Å². The van der Waals surface area contributed by atoms with Crippen LogP contribution in [0.15, 0.2) is 18.3 Å². The summed E-state index contributed by atoms with van der Waals surface area (Å²) in [6.45, 7) is 4.92. The van der Waals surface area contributed by atoms with E-state index in [1.165, 1.54) is 13.5 Å². The first-order chi connectivity index (χ1) is 19.6. The Morgan fingerprint density at radius 3 is 2.46 bits per heavy atom. The number of aryl methyl sites for hydroxylation is 1. The Bertz CT molecular complexity index is 1340. The molecule has 1 aromatic carbocycles. The van der Waals surface area contributed by atoms with Crippen LogP contribution in [0.2, 0.25) is 0 Å². The molecule has 0 saturated heterocycles. The smallest absolute Gasteiger partial charge is 0.311 e. The Morgan fingerprint density at radius 1 is 1.05 bits per heavy atom. The van der Waals surface area contributed by atoms with Crippen LogP contribution in [0.5, 0.6) is 5.75 Å². The van der Waals surface area contributed by atoms with Gasteiger partial charge in [-0.3, -0.25) is 19.1 Å². The number of nitrogens with zero attached hydrogens (tertiary/aromatic N) is 2. The predicted molar refractivity (Wildman–Crippen MR) is 154 cm³/mol. The van der Waals surface area contributed by atoms with Gasteiger partial charge in [-0.2, -0.15) is 5.10 Å². The third-order valence-corrected chi connectivity index (χ3v) is 10.9. The number of rotatable bonds is 8. The van der Waals surface area contributed by atoms with Crippen LogP contribution in [-0.4, -0.2) is 53.4 Å². The number of nitrogens with one attached hydrogen (secondary N) is 2. The Labute approximate surface area is 242 Å². The minimum atomic E-state index is -0.487. The van der Waals surface area contributed by atoms with Gasteiger partial charge in [-0.15, -0.1) is 0 Å². The van der Waals surface area contributed by atoms with Crippen molar-refractivity contribution in [3.05, 3.63) is 23.9 Å². The SMILES string of the molecule is COC(=O)C1(C)CCC(Oc2cc(C(=O)N[C@@H]3[C@H]4CC[C@H](C4)[C@@H]3C(=O)NCC3(C)CCC3)cc3c2cnn3C)CC1. The average molecular weight is 565 g/mol. The third kappa shape index (κ3) is 5.21. The summed E-state index contributed by atoms with van der Waals surface area (Å²) in [7, 11) is 3.29. The topological polar surface area (TPSA) is 112 Å². The Hall–Kier alpha value is -3.10. The van der Waals surface area contributed by atoms with Crippen molar-refractivity contribution in [2.75, 3.05) is 13.7 Å². The number of aromatic nitrogens is 2. The number of carbonyl (C=O) groups excluding carboxylic acids is 3. The largest absolute Gasteiger partial charge is 0.490 e. The van der Waals surface area contributed by atoms with Crippen LogP contribution in [0.4, 0.5) is 0 Å². The summed E-state index contributed by atoms with van der Waals surface area (Å²) in [5.74, 6) is 0.863. The van der Waals surface area contributed by atoms with Crippen molar-refractivity contribution in [1.82, 2.24) is 20.4 Å². The molecule has 0 aliphatic heterocycles. The molecular weight excluding hydrogens is 520 g/mol. The van der Waals surface area contributed by atoms with Crippen molar-refractivity contribution >= 4 is 28.7 Å². The highest BCUT2D eigenvalue weighted by Crippen LogP contribution is 2.49. The van der Waals surface area contributed by atoms with Gasteiger partial charge in [-0.25, -0.2) is 0 Å². The van der Waals surface area contributed by atoms with Crippen molar-refractivity contribution in [3.63, 3.8) is 0 Å². The molecule has 4 fully saturated rings. The van der Waals surface area contributed by atoms with E-state index in [4.69, 9.17) is 9.47 Å². The number of carbonyl (C=O) groups is 3. The average Bonchev–Trinajstić information content (AvgIpc) is 3.67. The van der Waals surface area contributed by atoms with Crippen LogP contribution in [-0.2, 0) is 21.4 Å². The maximum atomic E-state index is 13.8. The molecule has 9 heteroatoms. The van der Waals surface area contributed by atoms with E-state index in [1.807, 2.05) is 26.1 Å². The number of esters is 1. The van der Waals surface area contributed by atoms with Gasteiger partial charge in [0, 0.05) is 25.2 Å². The minimum absolute atomic E-state index is 0.0642. The zero-order chi connectivity index (χ0) is 28.9. The van der Waals surface area contributed by atoms with Gasteiger partial charge in [-0.05, 0) is 94.1 Å². The fourth-order valence-corrected chi connectivity index (χ4v) is 7.91. The summed E-state index contributed by atoms with van der Waals surface area (Å²) in [5.41, 5.74) is 1.06. The molecular formula is C32H44N4O5. The fraction of sp³-hybridized carbons (Fsp3) is 0.688. The van der Waals surface area contributed by atoms with Gasteiger partial charge < -0.3 is 20.1 Å². The molecule has 2 amide bonds. The van der Waals surface area contributed by atoms with Crippen LogP contribution in [0.3, 0.4) is 0 Å². The summed E-state index contributed by atoms with van der Waals surface area (Å²) in [6, 6.07) is 3.52. The highest BCUT2D eigenvalue weighted by Gasteiger charge is 2.51. The monoisotopic (exact) mass is 564 g/mol. The first-order valence-corrected chi connectivity index (χ1v) is 15.4. The van der Waals surface area contributed by atoms with E-state index in [0.717, 1.165) is 62.4 Å². The lowest BCUT2D eigenvalue weighted by Gasteiger charge is -2.39. The zero-order valence-corrected chi connectivity index (χ0v) is 24.8. The third-order valence-electron chi connectivity index (χ3n) is 10.9. The molecule has 0 unspecified atom stereocenters. The number of benzene rings is 1. The second-order valence-electron chi connectivity index (χ2n) is 13.8. The number of hydrogen-bond donors (Lipinski definition) is 2. The van der Waals surface area contributed by atoms with Crippen molar-refractivity contribution in [1.29, 1.82) is 0 Å². The molecule has 4 saturated carbocycles. The number of fused-ring (bicyclic) bond motifs is 3. The first kappa shape index (κ1) is 28.0. The number of ether oxygens (including phenoxy) is 2. The fourth-order valence-electron chi connectivity index (χ4n) is 7.91. The maximum absolute atomic E-state index is 13.8. The van der Waals surface area contributed by atoms with Gasteiger partial charge in [-0.1, -0.05) is 13.3 Å². The second-order valence-corrected chi connectivity index (χ2v) is 13.8. The molecule has 4 aliphatic rings. The Morgan fingerprint density at radius 2 is 1.78 bits per heavy atom. The lowest BCUT2D eigenvalue weighted by Crippen LogP contribution is -2.51. The van der Waals surface area contributed by atoms with Gasteiger partial charge in [0.15, 0.2) is 0 Å². The number of amides is 2. The summed E-state index contributed by atoms with van der Waals surface area (Å²) >= 11 is 0. The van der Waals surface area contributed by atoms with E-state index in [-0.39, 0.29) is 41.3 Å². The van der Waals surface area contributed by atoms with Crippen LogP contribution < -0.4 is 15.4 Å². The lowest BCUT2D eigenvalue weighted by atomic mass is 9.70. The van der Waals surface area contributed by atoms with E-state index in [2.05, 4.69) is 22.7 Å². The van der Waals surface area contributed by atoms with Gasteiger partial charge in [0.05, 0.1) is 41.6 Å². The van der Waals surface area contributed by atoms with E-state index >= 15 is 0 Å². The molecule has 2 aromatic rings. The molecule has 4 atom stereocenters. The number of hydrogen-bond acceptors (Lipinski definition) is 6. The van der Waals surface area contributed by atoms with E-state index < -0.39 is 5.41 Å². The van der Waals surface area contributed by atoms with E-state index in [0.29, 0.717) is 36.0 Å². The molecule has 6 rings (SSSR count). The molecule has 1 aromatic heterocycles. The van der Waals surface area contributed by atoms with Gasteiger partial charge in [0.2, 0.25) is 5.91 Å². The molecule has 2 N–H and O–H groups in total. The minimum Gasteiger partial charge on any atom is -0.490 e. The van der Waals surface area contributed by atoms with Crippen LogP contribution in [0, 0.1) is 28.6 Å². The maximum Gasteiger partial charge on any atom is 0.311 e. The first-order valence-electron chi connectivity index (χ1n) is 15.4. The zero-order valence-electron chi connectivity index (χ0n) is 24.8. The highest BCUT2D eigenvalue weighted by atomic mass is 16.5. The summed E-state index contributed by atoms with van der Waals surface area (Å²) in [4.78, 5) is 39.4. The molecule has 222 valence electrons. The molecule has 1 heterocycles. The van der Waals surface area contributed by atoms with Crippen LogP contribution >= 0.6 is 0 Å². The lowest BCUT2D eigenvalue weighted by molar-refractivity contribution is -0.154.